The Labute approximate surface area is 126 Å². The van der Waals surface area contributed by atoms with Crippen LogP contribution in [0.4, 0.5) is 4.79 Å². The molecule has 2 saturated carbocycles. The molecule has 0 aliphatic heterocycles. The van der Waals surface area contributed by atoms with E-state index in [2.05, 4.69) is 17.6 Å². The summed E-state index contributed by atoms with van der Waals surface area (Å²) in [5.41, 5.74) is 0. The summed E-state index contributed by atoms with van der Waals surface area (Å²) in [6, 6.07) is -0.900. The third kappa shape index (κ3) is 5.21. The molecule has 2 rings (SSSR count). The lowest BCUT2D eigenvalue weighted by Gasteiger charge is -2.28. The molecule has 0 saturated heterocycles. The zero-order valence-electron chi connectivity index (χ0n) is 12.9. The Bertz CT molecular complexity index is 363. The number of urea groups is 1. The highest BCUT2D eigenvalue weighted by atomic mass is 16.4. The first kappa shape index (κ1) is 16.1. The van der Waals surface area contributed by atoms with E-state index in [0.29, 0.717) is 0 Å². The summed E-state index contributed by atoms with van der Waals surface area (Å²) in [6.45, 7) is 2.06. The molecule has 5 heteroatoms. The van der Waals surface area contributed by atoms with Gasteiger partial charge in [-0.25, -0.2) is 9.59 Å². The molecule has 3 N–H and O–H groups in total. The smallest absolute Gasteiger partial charge is 0.326 e. The second-order valence-electron chi connectivity index (χ2n) is 6.62. The Hall–Kier alpha value is -1.26. The van der Waals surface area contributed by atoms with Crippen LogP contribution < -0.4 is 10.6 Å². The molecule has 2 unspecified atom stereocenters. The predicted octanol–water partition coefficient (Wildman–Crippen LogP) is 2.90. The number of carbonyl (C=O) groups excluding carboxylic acids is 1. The Morgan fingerprint density at radius 3 is 2.29 bits per heavy atom. The second kappa shape index (κ2) is 7.66. The molecular formula is C16H28N2O3. The maximum absolute atomic E-state index is 12.1. The first-order chi connectivity index (χ1) is 10.1. The summed E-state index contributed by atoms with van der Waals surface area (Å²) in [6.07, 6.45) is 9.55. The van der Waals surface area contributed by atoms with E-state index in [4.69, 9.17) is 0 Å². The Morgan fingerprint density at radius 2 is 1.76 bits per heavy atom. The van der Waals surface area contributed by atoms with Crippen molar-refractivity contribution >= 4 is 12.0 Å². The van der Waals surface area contributed by atoms with E-state index in [1.165, 1.54) is 19.3 Å². The van der Waals surface area contributed by atoms with Gasteiger partial charge in [0.15, 0.2) is 0 Å². The number of rotatable bonds is 7. The van der Waals surface area contributed by atoms with Crippen LogP contribution in [0.2, 0.25) is 0 Å². The minimum absolute atomic E-state index is 0.0745. The zero-order chi connectivity index (χ0) is 15.2. The van der Waals surface area contributed by atoms with Gasteiger partial charge in [-0.1, -0.05) is 39.0 Å². The lowest BCUT2D eigenvalue weighted by atomic mass is 9.84. The fourth-order valence-electron chi connectivity index (χ4n) is 3.30. The molecule has 0 heterocycles. The van der Waals surface area contributed by atoms with Crippen LogP contribution in [0.25, 0.3) is 0 Å². The van der Waals surface area contributed by atoms with Gasteiger partial charge < -0.3 is 15.7 Å². The molecule has 0 aromatic heterocycles. The molecule has 0 aromatic carbocycles. The third-order valence-corrected chi connectivity index (χ3v) is 4.82. The highest BCUT2D eigenvalue weighted by molar-refractivity contribution is 5.82. The molecule has 0 radical (unpaired) electrons. The molecule has 2 atom stereocenters. The van der Waals surface area contributed by atoms with Crippen LogP contribution in [0.1, 0.15) is 64.7 Å². The molecule has 21 heavy (non-hydrogen) atoms. The standard InChI is InChI=1S/C16H28N2O3/c1-2-13(10-11-8-9-11)17-16(21)18-14(15(19)20)12-6-4-3-5-7-12/h11-14H,2-10H2,1H3,(H,19,20)(H2,17,18,21). The van der Waals surface area contributed by atoms with E-state index in [1.807, 2.05) is 0 Å². The molecule has 0 spiro atoms. The van der Waals surface area contributed by atoms with Crippen molar-refractivity contribution in [3.05, 3.63) is 0 Å². The number of amides is 2. The number of hydrogen-bond acceptors (Lipinski definition) is 2. The average Bonchev–Trinajstić information content (AvgIpc) is 3.28. The average molecular weight is 296 g/mol. The van der Waals surface area contributed by atoms with Crippen LogP contribution in [0, 0.1) is 11.8 Å². The monoisotopic (exact) mass is 296 g/mol. The zero-order valence-corrected chi connectivity index (χ0v) is 12.9. The van der Waals surface area contributed by atoms with Crippen LogP contribution in [-0.2, 0) is 4.79 Å². The fourth-order valence-corrected chi connectivity index (χ4v) is 3.30. The normalized spacial score (nSPS) is 22.3. The Kier molecular flexibility index (Phi) is 5.88. The number of aliphatic carboxylic acids is 1. The number of carbonyl (C=O) groups is 2. The summed E-state index contributed by atoms with van der Waals surface area (Å²) < 4.78 is 0. The van der Waals surface area contributed by atoms with Crippen molar-refractivity contribution in [2.24, 2.45) is 11.8 Å². The van der Waals surface area contributed by atoms with Gasteiger partial charge in [-0.2, -0.15) is 0 Å². The molecule has 2 aliphatic rings. The van der Waals surface area contributed by atoms with Gasteiger partial charge in [-0.15, -0.1) is 0 Å². The molecule has 0 aromatic rings. The van der Waals surface area contributed by atoms with E-state index in [1.54, 1.807) is 0 Å². The predicted molar refractivity (Wildman–Crippen MR) is 81.1 cm³/mol. The van der Waals surface area contributed by atoms with E-state index in [9.17, 15) is 14.7 Å². The molecule has 0 bridgehead atoms. The van der Waals surface area contributed by atoms with Gasteiger partial charge in [0.05, 0.1) is 0 Å². The molecule has 5 nitrogen and oxygen atoms in total. The van der Waals surface area contributed by atoms with Crippen LogP contribution >= 0.6 is 0 Å². The highest BCUT2D eigenvalue weighted by Gasteiger charge is 2.31. The number of carboxylic acid groups (broad SMARTS) is 1. The van der Waals surface area contributed by atoms with E-state index in [-0.39, 0.29) is 18.0 Å². The van der Waals surface area contributed by atoms with Crippen LogP contribution in [0.5, 0.6) is 0 Å². The van der Waals surface area contributed by atoms with Crippen LogP contribution in [0.3, 0.4) is 0 Å². The summed E-state index contributed by atoms with van der Waals surface area (Å²) in [5, 5.41) is 15.0. The summed E-state index contributed by atoms with van der Waals surface area (Å²) >= 11 is 0. The number of nitrogens with one attached hydrogen (secondary N) is 2. The quantitative estimate of drug-likeness (QED) is 0.676. The minimum atomic E-state index is -0.910. The van der Waals surface area contributed by atoms with Gasteiger partial charge in [0.2, 0.25) is 0 Å². The maximum atomic E-state index is 12.1. The lowest BCUT2D eigenvalue weighted by Crippen LogP contribution is -2.52. The van der Waals surface area contributed by atoms with Crippen molar-refractivity contribution in [1.29, 1.82) is 0 Å². The van der Waals surface area contributed by atoms with E-state index in [0.717, 1.165) is 44.4 Å². The molecule has 2 fully saturated rings. The summed E-state index contributed by atoms with van der Waals surface area (Å²) in [7, 11) is 0. The van der Waals surface area contributed by atoms with Crippen molar-refractivity contribution < 1.29 is 14.7 Å². The Morgan fingerprint density at radius 1 is 1.10 bits per heavy atom. The lowest BCUT2D eigenvalue weighted by molar-refractivity contribution is -0.141. The topological polar surface area (TPSA) is 78.4 Å². The largest absolute Gasteiger partial charge is 0.480 e. The first-order valence-electron chi connectivity index (χ1n) is 8.40. The molecule has 2 aliphatic carbocycles. The first-order valence-corrected chi connectivity index (χ1v) is 8.40. The van der Waals surface area contributed by atoms with Gasteiger partial charge in [-0.3, -0.25) is 0 Å². The van der Waals surface area contributed by atoms with Crippen molar-refractivity contribution in [3.8, 4) is 0 Å². The van der Waals surface area contributed by atoms with Crippen LogP contribution in [-0.4, -0.2) is 29.2 Å². The van der Waals surface area contributed by atoms with E-state index < -0.39 is 12.0 Å². The van der Waals surface area contributed by atoms with Crippen molar-refractivity contribution in [3.63, 3.8) is 0 Å². The highest BCUT2D eigenvalue weighted by Crippen LogP contribution is 2.34. The molecule has 2 amide bonds. The van der Waals surface area contributed by atoms with Gasteiger partial charge in [0.25, 0.3) is 0 Å². The SMILES string of the molecule is CCC(CC1CC1)NC(=O)NC(C(=O)O)C1CCCCC1. The van der Waals surface area contributed by atoms with Crippen LogP contribution in [0.15, 0.2) is 0 Å². The van der Waals surface area contributed by atoms with Gasteiger partial charge in [0, 0.05) is 6.04 Å². The fraction of sp³-hybridized carbons (Fsp3) is 0.875. The number of hydrogen-bond donors (Lipinski definition) is 3. The third-order valence-electron chi connectivity index (χ3n) is 4.82. The minimum Gasteiger partial charge on any atom is -0.480 e. The summed E-state index contributed by atoms with van der Waals surface area (Å²) in [4.78, 5) is 23.5. The second-order valence-corrected chi connectivity index (χ2v) is 6.62. The summed E-state index contributed by atoms with van der Waals surface area (Å²) in [5.74, 6) is -0.0818. The van der Waals surface area contributed by atoms with Gasteiger partial charge in [0.1, 0.15) is 6.04 Å². The van der Waals surface area contributed by atoms with Gasteiger partial charge in [-0.05, 0) is 37.5 Å². The molecular weight excluding hydrogens is 268 g/mol. The van der Waals surface area contributed by atoms with Gasteiger partial charge >= 0.3 is 12.0 Å². The number of carboxylic acids is 1. The molecule has 120 valence electrons. The van der Waals surface area contributed by atoms with Crippen molar-refractivity contribution in [1.82, 2.24) is 10.6 Å². The van der Waals surface area contributed by atoms with E-state index >= 15 is 0 Å². The maximum Gasteiger partial charge on any atom is 0.326 e. The Balaban J connectivity index is 1.83. The van der Waals surface area contributed by atoms with Crippen molar-refractivity contribution in [2.75, 3.05) is 0 Å². The van der Waals surface area contributed by atoms with Crippen molar-refractivity contribution in [2.45, 2.75) is 76.8 Å².